The van der Waals surface area contributed by atoms with Crippen LogP contribution in [-0.2, 0) is 22.4 Å². The van der Waals surface area contributed by atoms with E-state index in [9.17, 15) is 14.7 Å². The third-order valence-corrected chi connectivity index (χ3v) is 6.39. The van der Waals surface area contributed by atoms with Gasteiger partial charge in [-0.2, -0.15) is 0 Å². The lowest BCUT2D eigenvalue weighted by Crippen LogP contribution is -2.46. The number of hydrogen-bond acceptors (Lipinski definition) is 3. The van der Waals surface area contributed by atoms with Gasteiger partial charge in [0.2, 0.25) is 0 Å². The molecule has 1 heterocycles. The number of ether oxygens (including phenoxy) is 1. The van der Waals surface area contributed by atoms with Gasteiger partial charge in [0.15, 0.2) is 0 Å². The summed E-state index contributed by atoms with van der Waals surface area (Å²) in [7, 11) is 0. The number of carbonyl (C=O) groups is 2. The van der Waals surface area contributed by atoms with E-state index >= 15 is 0 Å². The Morgan fingerprint density at radius 2 is 1.45 bits per heavy atom. The van der Waals surface area contributed by atoms with E-state index in [2.05, 4.69) is 24.3 Å². The SMILES string of the molecule is O=C(O)[C@@H]1Cc2ccccc2CCN1C(=O)OCC1c2ccccc2-c2ccccc21. The molecule has 5 rings (SSSR count). The number of hydrogen-bond donors (Lipinski definition) is 1. The van der Waals surface area contributed by atoms with Crippen LogP contribution in [0.5, 0.6) is 0 Å². The summed E-state index contributed by atoms with van der Waals surface area (Å²) in [6, 6.07) is 23.2. The number of carboxylic acid groups (broad SMARTS) is 1. The van der Waals surface area contributed by atoms with E-state index in [-0.39, 0.29) is 18.9 Å². The summed E-state index contributed by atoms with van der Waals surface area (Å²) >= 11 is 0. The first-order valence-electron chi connectivity index (χ1n) is 10.5. The van der Waals surface area contributed by atoms with E-state index in [1.54, 1.807) is 0 Å². The Labute approximate surface area is 180 Å². The number of amides is 1. The molecule has 2 aliphatic rings. The summed E-state index contributed by atoms with van der Waals surface area (Å²) in [6.07, 6.45) is 0.335. The molecule has 1 N–H and O–H groups in total. The van der Waals surface area contributed by atoms with Gasteiger partial charge in [-0.3, -0.25) is 4.90 Å². The topological polar surface area (TPSA) is 66.8 Å². The Bertz CT molecular complexity index is 1110. The van der Waals surface area contributed by atoms with Crippen LogP contribution in [0.2, 0.25) is 0 Å². The molecule has 5 heteroatoms. The van der Waals surface area contributed by atoms with Crippen molar-refractivity contribution in [2.75, 3.05) is 13.2 Å². The maximum atomic E-state index is 13.0. The quantitative estimate of drug-likeness (QED) is 0.687. The number of nitrogens with zero attached hydrogens (tertiary/aromatic N) is 1. The summed E-state index contributed by atoms with van der Waals surface area (Å²) in [4.78, 5) is 26.4. The highest BCUT2D eigenvalue weighted by atomic mass is 16.6. The van der Waals surface area contributed by atoms with Crippen LogP contribution in [0.25, 0.3) is 11.1 Å². The van der Waals surface area contributed by atoms with Gasteiger partial charge in [0.1, 0.15) is 12.6 Å². The van der Waals surface area contributed by atoms with Crippen LogP contribution in [0, 0.1) is 0 Å². The minimum atomic E-state index is -1.01. The van der Waals surface area contributed by atoms with Gasteiger partial charge in [-0.1, -0.05) is 72.8 Å². The third kappa shape index (κ3) is 3.46. The molecular formula is C26H23NO4. The van der Waals surface area contributed by atoms with E-state index in [1.807, 2.05) is 48.5 Å². The van der Waals surface area contributed by atoms with Crippen molar-refractivity contribution < 1.29 is 19.4 Å². The molecule has 1 amide bonds. The summed E-state index contributed by atoms with van der Waals surface area (Å²) in [5, 5.41) is 9.80. The van der Waals surface area contributed by atoms with Gasteiger partial charge in [0, 0.05) is 18.9 Å². The zero-order valence-electron chi connectivity index (χ0n) is 17.0. The lowest BCUT2D eigenvalue weighted by molar-refractivity contribution is -0.142. The Hall–Kier alpha value is -3.60. The van der Waals surface area contributed by atoms with Crippen molar-refractivity contribution in [1.29, 1.82) is 0 Å². The summed E-state index contributed by atoms with van der Waals surface area (Å²) < 4.78 is 5.74. The molecule has 0 bridgehead atoms. The minimum absolute atomic E-state index is 0.0520. The van der Waals surface area contributed by atoms with Crippen LogP contribution in [-0.4, -0.2) is 41.3 Å². The average Bonchev–Trinajstić information content (AvgIpc) is 2.97. The summed E-state index contributed by atoms with van der Waals surface area (Å²) in [6.45, 7) is 0.507. The predicted octanol–water partition coefficient (Wildman–Crippen LogP) is 4.49. The first-order chi connectivity index (χ1) is 15.1. The molecule has 0 fully saturated rings. The molecule has 3 aromatic carbocycles. The number of fused-ring (bicyclic) bond motifs is 4. The highest BCUT2D eigenvalue weighted by Crippen LogP contribution is 2.44. The van der Waals surface area contributed by atoms with Gasteiger partial charge >= 0.3 is 12.1 Å². The van der Waals surface area contributed by atoms with E-state index in [0.717, 1.165) is 33.4 Å². The molecule has 0 unspecified atom stereocenters. The molecule has 5 nitrogen and oxygen atoms in total. The standard InChI is InChI=1S/C26H23NO4/c28-25(29)24-15-18-8-2-1-7-17(18)13-14-27(24)26(30)31-16-23-21-11-5-3-9-19(21)20-10-4-6-12-22(20)23/h1-12,23-24H,13-16H2,(H,28,29)/t24-/m0/s1. The van der Waals surface area contributed by atoms with Gasteiger partial charge < -0.3 is 9.84 Å². The molecule has 156 valence electrons. The Balaban J connectivity index is 1.36. The van der Waals surface area contributed by atoms with Crippen molar-refractivity contribution in [2.24, 2.45) is 0 Å². The van der Waals surface area contributed by atoms with E-state index in [4.69, 9.17) is 4.74 Å². The lowest BCUT2D eigenvalue weighted by atomic mass is 9.98. The highest BCUT2D eigenvalue weighted by molar-refractivity contribution is 5.81. The molecule has 0 saturated heterocycles. The maximum Gasteiger partial charge on any atom is 0.410 e. The summed E-state index contributed by atoms with van der Waals surface area (Å²) in [5.74, 6) is -1.06. The van der Waals surface area contributed by atoms with Crippen LogP contribution in [0.4, 0.5) is 4.79 Å². The molecular weight excluding hydrogens is 390 g/mol. The normalized spacial score (nSPS) is 17.3. The molecule has 3 aromatic rings. The number of rotatable bonds is 3. The summed E-state index contributed by atoms with van der Waals surface area (Å²) in [5.41, 5.74) is 6.65. The van der Waals surface area contributed by atoms with Crippen LogP contribution in [0.15, 0.2) is 72.8 Å². The number of aliphatic carboxylic acids is 1. The molecule has 0 saturated carbocycles. The fourth-order valence-corrected chi connectivity index (χ4v) is 4.83. The van der Waals surface area contributed by atoms with Gasteiger partial charge in [-0.05, 0) is 39.8 Å². The minimum Gasteiger partial charge on any atom is -0.480 e. The zero-order valence-corrected chi connectivity index (χ0v) is 17.0. The Morgan fingerprint density at radius 1 is 0.871 bits per heavy atom. The first kappa shape index (κ1) is 19.4. The van der Waals surface area contributed by atoms with Gasteiger partial charge in [0.05, 0.1) is 0 Å². The first-order valence-corrected chi connectivity index (χ1v) is 10.5. The van der Waals surface area contributed by atoms with Gasteiger partial charge in [-0.15, -0.1) is 0 Å². The molecule has 31 heavy (non-hydrogen) atoms. The molecule has 1 aliphatic carbocycles. The van der Waals surface area contributed by atoms with Crippen LogP contribution < -0.4 is 0 Å². The molecule has 0 radical (unpaired) electrons. The molecule has 0 spiro atoms. The monoisotopic (exact) mass is 413 g/mol. The van der Waals surface area contributed by atoms with E-state index in [1.165, 1.54) is 4.90 Å². The lowest BCUT2D eigenvalue weighted by Gasteiger charge is -2.27. The third-order valence-electron chi connectivity index (χ3n) is 6.39. The number of carboxylic acids is 1. The van der Waals surface area contributed by atoms with Crippen molar-refractivity contribution in [3.63, 3.8) is 0 Å². The fraction of sp³-hybridized carbons (Fsp3) is 0.231. The predicted molar refractivity (Wildman–Crippen MR) is 117 cm³/mol. The van der Waals surface area contributed by atoms with Crippen LogP contribution in [0.1, 0.15) is 28.2 Å². The van der Waals surface area contributed by atoms with Crippen molar-refractivity contribution in [2.45, 2.75) is 24.8 Å². The van der Waals surface area contributed by atoms with Crippen molar-refractivity contribution in [3.8, 4) is 11.1 Å². The second-order valence-corrected chi connectivity index (χ2v) is 8.07. The Morgan fingerprint density at radius 3 is 2.10 bits per heavy atom. The van der Waals surface area contributed by atoms with Crippen molar-refractivity contribution in [3.05, 3.63) is 95.1 Å². The van der Waals surface area contributed by atoms with E-state index in [0.29, 0.717) is 13.0 Å². The van der Waals surface area contributed by atoms with Crippen LogP contribution >= 0.6 is 0 Å². The zero-order chi connectivity index (χ0) is 21.4. The largest absolute Gasteiger partial charge is 0.480 e. The number of carbonyl (C=O) groups excluding carboxylic acids is 1. The van der Waals surface area contributed by atoms with Gasteiger partial charge in [-0.25, -0.2) is 9.59 Å². The second-order valence-electron chi connectivity index (χ2n) is 8.07. The van der Waals surface area contributed by atoms with Crippen molar-refractivity contribution in [1.82, 2.24) is 4.90 Å². The maximum absolute atomic E-state index is 13.0. The smallest absolute Gasteiger partial charge is 0.410 e. The van der Waals surface area contributed by atoms with Gasteiger partial charge in [0.25, 0.3) is 0 Å². The number of benzene rings is 3. The fourth-order valence-electron chi connectivity index (χ4n) is 4.83. The Kier molecular flexibility index (Phi) is 4.94. The second kappa shape index (κ2) is 7.91. The molecule has 1 aliphatic heterocycles. The molecule has 1 atom stereocenters. The highest BCUT2D eigenvalue weighted by Gasteiger charge is 2.35. The van der Waals surface area contributed by atoms with Crippen molar-refractivity contribution >= 4 is 12.1 Å². The van der Waals surface area contributed by atoms with E-state index < -0.39 is 18.1 Å². The average molecular weight is 413 g/mol. The van der Waals surface area contributed by atoms with Crippen LogP contribution in [0.3, 0.4) is 0 Å². The molecule has 0 aromatic heterocycles.